The average Bonchev–Trinajstić information content (AvgIpc) is 2.49. The molecule has 4 nitrogen and oxygen atoms in total. The van der Waals surface area contributed by atoms with Gasteiger partial charge in [0, 0.05) is 11.6 Å². The zero-order valence-electron chi connectivity index (χ0n) is 10.8. The van der Waals surface area contributed by atoms with Crippen molar-refractivity contribution in [1.29, 1.82) is 0 Å². The van der Waals surface area contributed by atoms with Gasteiger partial charge in [0.15, 0.2) is 5.75 Å². The van der Waals surface area contributed by atoms with E-state index in [0.717, 1.165) is 10.9 Å². The molecule has 21 heavy (non-hydrogen) atoms. The number of para-hydroxylation sites is 1. The first-order valence-corrected chi connectivity index (χ1v) is 6.58. The average molecular weight is 300 g/mol. The molecule has 3 aromatic rings. The van der Waals surface area contributed by atoms with Gasteiger partial charge in [0.25, 0.3) is 0 Å². The molecule has 0 unspecified atom stereocenters. The second-order valence-electron chi connectivity index (χ2n) is 4.35. The van der Waals surface area contributed by atoms with Gasteiger partial charge in [-0.15, -0.1) is 0 Å². The van der Waals surface area contributed by atoms with Crippen LogP contribution in [0.2, 0.25) is 5.02 Å². The zero-order valence-corrected chi connectivity index (χ0v) is 11.5. The van der Waals surface area contributed by atoms with E-state index < -0.39 is 5.97 Å². The fourth-order valence-corrected chi connectivity index (χ4v) is 2.27. The zero-order chi connectivity index (χ0) is 14.8. The topological polar surface area (TPSA) is 59.4 Å². The number of aromatic carboxylic acids is 1. The maximum Gasteiger partial charge on any atom is 0.339 e. The van der Waals surface area contributed by atoms with Crippen LogP contribution in [0.4, 0.5) is 0 Å². The Balaban J connectivity index is 2.13. The molecule has 1 N–H and O–H groups in total. The van der Waals surface area contributed by atoms with Crippen LogP contribution in [0.15, 0.2) is 54.7 Å². The Hall–Kier alpha value is -2.59. The van der Waals surface area contributed by atoms with Crippen LogP contribution >= 0.6 is 11.6 Å². The third-order valence-corrected chi connectivity index (χ3v) is 3.31. The summed E-state index contributed by atoms with van der Waals surface area (Å²) in [6.45, 7) is 0. The molecule has 0 aliphatic heterocycles. The standard InChI is InChI=1S/C16H10ClNO3/c17-12-6-1-4-11(16(19)20)15(12)21-14-8-2-7-13-10(14)5-3-9-18-13/h1-9H,(H,19,20). The Bertz CT molecular complexity index is 827. The summed E-state index contributed by atoms with van der Waals surface area (Å²) >= 11 is 6.07. The fourth-order valence-electron chi connectivity index (χ4n) is 2.06. The molecule has 0 atom stereocenters. The van der Waals surface area contributed by atoms with Gasteiger partial charge in [0.2, 0.25) is 0 Å². The number of fused-ring (bicyclic) bond motifs is 1. The summed E-state index contributed by atoms with van der Waals surface area (Å²) in [7, 11) is 0. The van der Waals surface area contributed by atoms with E-state index in [1.807, 2.05) is 12.1 Å². The Labute approximate surface area is 125 Å². The third kappa shape index (κ3) is 2.53. The van der Waals surface area contributed by atoms with Crippen molar-refractivity contribution >= 4 is 28.5 Å². The van der Waals surface area contributed by atoms with Crippen molar-refractivity contribution in [2.45, 2.75) is 0 Å². The smallest absolute Gasteiger partial charge is 0.339 e. The van der Waals surface area contributed by atoms with Crippen LogP contribution in [-0.2, 0) is 0 Å². The molecule has 1 heterocycles. The molecule has 0 saturated carbocycles. The van der Waals surface area contributed by atoms with E-state index in [9.17, 15) is 9.90 Å². The van der Waals surface area contributed by atoms with Gasteiger partial charge in [-0.2, -0.15) is 0 Å². The van der Waals surface area contributed by atoms with E-state index in [0.29, 0.717) is 5.75 Å². The Morgan fingerprint density at radius 3 is 2.71 bits per heavy atom. The predicted octanol–water partition coefficient (Wildman–Crippen LogP) is 4.38. The number of rotatable bonds is 3. The van der Waals surface area contributed by atoms with Crippen LogP contribution in [0.5, 0.6) is 11.5 Å². The van der Waals surface area contributed by atoms with E-state index in [1.165, 1.54) is 6.07 Å². The van der Waals surface area contributed by atoms with E-state index >= 15 is 0 Å². The van der Waals surface area contributed by atoms with Gasteiger partial charge < -0.3 is 9.84 Å². The van der Waals surface area contributed by atoms with Crippen molar-refractivity contribution in [3.05, 3.63) is 65.3 Å². The molecule has 0 spiro atoms. The Morgan fingerprint density at radius 1 is 1.10 bits per heavy atom. The lowest BCUT2D eigenvalue weighted by Crippen LogP contribution is -2.00. The van der Waals surface area contributed by atoms with E-state index in [1.54, 1.807) is 36.5 Å². The minimum absolute atomic E-state index is 0.0170. The number of carboxylic acid groups (broad SMARTS) is 1. The molecular weight excluding hydrogens is 290 g/mol. The highest BCUT2D eigenvalue weighted by Crippen LogP contribution is 2.35. The maximum atomic E-state index is 11.3. The molecule has 2 aromatic carbocycles. The molecular formula is C16H10ClNO3. The quantitative estimate of drug-likeness (QED) is 0.779. The summed E-state index contributed by atoms with van der Waals surface area (Å²) in [6, 6.07) is 13.7. The number of carboxylic acids is 1. The molecule has 5 heteroatoms. The van der Waals surface area contributed by atoms with Gasteiger partial charge in [-0.1, -0.05) is 23.7 Å². The molecule has 0 saturated heterocycles. The first-order valence-electron chi connectivity index (χ1n) is 6.20. The molecule has 3 rings (SSSR count). The van der Waals surface area contributed by atoms with Gasteiger partial charge in [-0.3, -0.25) is 4.98 Å². The minimum atomic E-state index is -1.09. The normalized spacial score (nSPS) is 10.5. The number of pyridine rings is 1. The molecule has 0 bridgehead atoms. The number of hydrogen-bond donors (Lipinski definition) is 1. The summed E-state index contributed by atoms with van der Waals surface area (Å²) in [5.41, 5.74) is 0.780. The van der Waals surface area contributed by atoms with Crippen LogP contribution < -0.4 is 4.74 Å². The molecule has 0 amide bonds. The van der Waals surface area contributed by atoms with Crippen molar-refractivity contribution < 1.29 is 14.6 Å². The summed E-state index contributed by atoms with van der Waals surface area (Å²) in [5.74, 6) is -0.454. The molecule has 0 aliphatic carbocycles. The number of halogens is 1. The van der Waals surface area contributed by atoms with Crippen LogP contribution in [-0.4, -0.2) is 16.1 Å². The number of carbonyl (C=O) groups is 1. The lowest BCUT2D eigenvalue weighted by molar-refractivity contribution is 0.0694. The Kier molecular flexibility index (Phi) is 3.46. The first kappa shape index (κ1) is 13.4. The largest absolute Gasteiger partial charge is 0.478 e. The predicted molar refractivity (Wildman–Crippen MR) is 80.2 cm³/mol. The molecule has 1 aromatic heterocycles. The van der Waals surface area contributed by atoms with E-state index in [2.05, 4.69) is 4.98 Å². The fraction of sp³-hybridized carbons (Fsp3) is 0. The second kappa shape index (κ2) is 5.42. The van der Waals surface area contributed by atoms with Crippen molar-refractivity contribution in [3.8, 4) is 11.5 Å². The summed E-state index contributed by atoms with van der Waals surface area (Å²) in [6.07, 6.45) is 1.68. The molecule has 0 fully saturated rings. The molecule has 0 aliphatic rings. The summed E-state index contributed by atoms with van der Waals surface area (Å²) in [5, 5.41) is 10.3. The molecule has 0 radical (unpaired) electrons. The number of nitrogens with zero attached hydrogens (tertiary/aromatic N) is 1. The van der Waals surface area contributed by atoms with E-state index in [4.69, 9.17) is 16.3 Å². The molecule has 104 valence electrons. The van der Waals surface area contributed by atoms with Crippen molar-refractivity contribution in [1.82, 2.24) is 4.98 Å². The van der Waals surface area contributed by atoms with Crippen molar-refractivity contribution in [2.24, 2.45) is 0 Å². The van der Waals surface area contributed by atoms with Crippen LogP contribution in [0.1, 0.15) is 10.4 Å². The summed E-state index contributed by atoms with van der Waals surface area (Å²) in [4.78, 5) is 15.5. The maximum absolute atomic E-state index is 11.3. The Morgan fingerprint density at radius 2 is 1.90 bits per heavy atom. The number of aromatic nitrogens is 1. The number of benzene rings is 2. The lowest BCUT2D eigenvalue weighted by atomic mass is 10.2. The SMILES string of the molecule is O=C(O)c1cccc(Cl)c1Oc1cccc2ncccc12. The highest BCUT2D eigenvalue weighted by molar-refractivity contribution is 6.32. The van der Waals surface area contributed by atoms with Gasteiger partial charge in [0.1, 0.15) is 11.3 Å². The minimum Gasteiger partial charge on any atom is -0.478 e. The van der Waals surface area contributed by atoms with Crippen LogP contribution in [0.3, 0.4) is 0 Å². The highest BCUT2D eigenvalue weighted by Gasteiger charge is 2.16. The van der Waals surface area contributed by atoms with Gasteiger partial charge in [-0.25, -0.2) is 4.79 Å². The summed E-state index contributed by atoms with van der Waals surface area (Å²) < 4.78 is 5.76. The van der Waals surface area contributed by atoms with Gasteiger partial charge in [0.05, 0.1) is 10.5 Å². The second-order valence-corrected chi connectivity index (χ2v) is 4.76. The number of hydrogen-bond acceptors (Lipinski definition) is 3. The number of ether oxygens (including phenoxy) is 1. The first-order chi connectivity index (χ1) is 10.2. The van der Waals surface area contributed by atoms with E-state index in [-0.39, 0.29) is 16.3 Å². The monoisotopic (exact) mass is 299 g/mol. The van der Waals surface area contributed by atoms with Crippen molar-refractivity contribution in [2.75, 3.05) is 0 Å². The third-order valence-electron chi connectivity index (χ3n) is 3.02. The van der Waals surface area contributed by atoms with Crippen molar-refractivity contribution in [3.63, 3.8) is 0 Å². The van der Waals surface area contributed by atoms with Crippen LogP contribution in [0.25, 0.3) is 10.9 Å². The van der Waals surface area contributed by atoms with Gasteiger partial charge in [-0.05, 0) is 36.4 Å². The lowest BCUT2D eigenvalue weighted by Gasteiger charge is -2.12. The van der Waals surface area contributed by atoms with Gasteiger partial charge >= 0.3 is 5.97 Å². The highest BCUT2D eigenvalue weighted by atomic mass is 35.5. The van der Waals surface area contributed by atoms with Crippen LogP contribution in [0, 0.1) is 0 Å².